The standard InChI is InChI=1S/C22H38/c1-5-16-14-17-19-10-9-15(2)21(19,3)13-11-20(17)22(4)12-7-6-8-18(16)22/h15-20H,5-14H2,1-4H3/t15?,16-,17?,18?,19?,20-,21?,22?/m0/s1. The van der Waals surface area contributed by atoms with Crippen molar-refractivity contribution in [2.24, 2.45) is 46.3 Å². The predicted octanol–water partition coefficient (Wildman–Crippen LogP) is 6.69. The van der Waals surface area contributed by atoms with Gasteiger partial charge in [0.2, 0.25) is 0 Å². The maximum atomic E-state index is 2.73. The summed E-state index contributed by atoms with van der Waals surface area (Å²) in [4.78, 5) is 0. The Bertz CT molecular complexity index is 426. The van der Waals surface area contributed by atoms with Gasteiger partial charge in [-0.25, -0.2) is 0 Å². The summed E-state index contributed by atoms with van der Waals surface area (Å²) in [5.74, 6) is 6.31. The van der Waals surface area contributed by atoms with Crippen LogP contribution in [0.4, 0.5) is 0 Å². The van der Waals surface area contributed by atoms with Crippen molar-refractivity contribution in [3.8, 4) is 0 Å². The van der Waals surface area contributed by atoms with Crippen molar-refractivity contribution in [3.05, 3.63) is 0 Å². The van der Waals surface area contributed by atoms with E-state index in [1.807, 2.05) is 0 Å². The molecule has 4 aliphatic carbocycles. The molecule has 6 unspecified atom stereocenters. The van der Waals surface area contributed by atoms with Crippen LogP contribution in [0.15, 0.2) is 0 Å². The molecule has 0 aromatic heterocycles. The maximum Gasteiger partial charge on any atom is -0.0264 e. The van der Waals surface area contributed by atoms with E-state index in [9.17, 15) is 0 Å². The van der Waals surface area contributed by atoms with Crippen molar-refractivity contribution in [1.82, 2.24) is 0 Å². The van der Waals surface area contributed by atoms with Crippen molar-refractivity contribution < 1.29 is 0 Å². The highest BCUT2D eigenvalue weighted by molar-refractivity contribution is 5.09. The van der Waals surface area contributed by atoms with Crippen LogP contribution in [0, 0.1) is 46.3 Å². The van der Waals surface area contributed by atoms with Crippen molar-refractivity contribution in [1.29, 1.82) is 0 Å². The Labute approximate surface area is 138 Å². The minimum Gasteiger partial charge on any atom is -0.0651 e. The van der Waals surface area contributed by atoms with Gasteiger partial charge in [0.1, 0.15) is 0 Å². The Morgan fingerprint density at radius 2 is 1.59 bits per heavy atom. The second kappa shape index (κ2) is 5.25. The van der Waals surface area contributed by atoms with Gasteiger partial charge in [0.15, 0.2) is 0 Å². The highest BCUT2D eigenvalue weighted by Gasteiger charge is 2.60. The summed E-state index contributed by atoms with van der Waals surface area (Å²) in [6.07, 6.45) is 15.3. The molecule has 22 heavy (non-hydrogen) atoms. The lowest BCUT2D eigenvalue weighted by atomic mass is 9.42. The molecule has 126 valence electrons. The van der Waals surface area contributed by atoms with Gasteiger partial charge >= 0.3 is 0 Å². The number of hydrogen-bond acceptors (Lipinski definition) is 0. The van der Waals surface area contributed by atoms with Crippen LogP contribution in [-0.2, 0) is 0 Å². The van der Waals surface area contributed by atoms with Gasteiger partial charge in [-0.2, -0.15) is 0 Å². The van der Waals surface area contributed by atoms with Crippen molar-refractivity contribution >= 4 is 0 Å². The Morgan fingerprint density at radius 3 is 2.36 bits per heavy atom. The molecule has 0 amide bonds. The largest absolute Gasteiger partial charge is 0.0651 e. The molecule has 4 fully saturated rings. The van der Waals surface area contributed by atoms with E-state index in [4.69, 9.17) is 0 Å². The van der Waals surface area contributed by atoms with E-state index in [0.29, 0.717) is 10.8 Å². The van der Waals surface area contributed by atoms with Gasteiger partial charge < -0.3 is 0 Å². The average molecular weight is 303 g/mol. The van der Waals surface area contributed by atoms with Gasteiger partial charge in [0, 0.05) is 0 Å². The zero-order valence-electron chi connectivity index (χ0n) is 15.5. The zero-order valence-corrected chi connectivity index (χ0v) is 15.5. The fourth-order valence-corrected chi connectivity index (χ4v) is 8.28. The second-order valence-electron chi connectivity index (χ2n) is 10.2. The third-order valence-electron chi connectivity index (χ3n) is 9.75. The highest BCUT2D eigenvalue weighted by Crippen LogP contribution is 2.68. The monoisotopic (exact) mass is 302 g/mol. The molecule has 0 N–H and O–H groups in total. The van der Waals surface area contributed by atoms with Gasteiger partial charge in [-0.1, -0.05) is 47.0 Å². The van der Waals surface area contributed by atoms with Crippen LogP contribution < -0.4 is 0 Å². The van der Waals surface area contributed by atoms with Crippen LogP contribution in [0.25, 0.3) is 0 Å². The number of hydrogen-bond donors (Lipinski definition) is 0. The first kappa shape index (κ1) is 15.5. The van der Waals surface area contributed by atoms with E-state index in [1.165, 1.54) is 25.7 Å². The summed E-state index contributed by atoms with van der Waals surface area (Å²) in [6.45, 7) is 10.4. The third kappa shape index (κ3) is 1.94. The fourth-order valence-electron chi connectivity index (χ4n) is 8.28. The summed E-state index contributed by atoms with van der Waals surface area (Å²) in [7, 11) is 0. The molecule has 0 spiro atoms. The first-order chi connectivity index (χ1) is 10.5. The molecule has 0 saturated heterocycles. The Morgan fingerprint density at radius 1 is 0.818 bits per heavy atom. The average Bonchev–Trinajstić information content (AvgIpc) is 2.82. The van der Waals surface area contributed by atoms with Crippen LogP contribution in [0.1, 0.15) is 91.9 Å². The molecule has 0 aliphatic heterocycles. The van der Waals surface area contributed by atoms with Crippen molar-refractivity contribution in [2.45, 2.75) is 91.9 Å². The molecular formula is C22H38. The van der Waals surface area contributed by atoms with E-state index < -0.39 is 0 Å². The lowest BCUT2D eigenvalue weighted by Gasteiger charge is -2.62. The van der Waals surface area contributed by atoms with Gasteiger partial charge in [0.25, 0.3) is 0 Å². The molecule has 4 aliphatic rings. The van der Waals surface area contributed by atoms with Crippen LogP contribution in [-0.4, -0.2) is 0 Å². The molecule has 0 bridgehead atoms. The van der Waals surface area contributed by atoms with E-state index in [0.717, 1.165) is 35.5 Å². The number of rotatable bonds is 1. The zero-order chi connectivity index (χ0) is 15.5. The molecule has 0 heterocycles. The van der Waals surface area contributed by atoms with Crippen LogP contribution in [0.3, 0.4) is 0 Å². The Hall–Kier alpha value is 0. The molecule has 4 rings (SSSR count). The highest BCUT2D eigenvalue weighted by atomic mass is 14.6. The first-order valence-corrected chi connectivity index (χ1v) is 10.5. The van der Waals surface area contributed by atoms with Gasteiger partial charge in [-0.3, -0.25) is 0 Å². The quantitative estimate of drug-likeness (QED) is 0.506. The second-order valence-corrected chi connectivity index (χ2v) is 10.2. The first-order valence-electron chi connectivity index (χ1n) is 10.5. The smallest absolute Gasteiger partial charge is 0.0264 e. The van der Waals surface area contributed by atoms with Gasteiger partial charge in [-0.05, 0) is 91.3 Å². The van der Waals surface area contributed by atoms with Crippen molar-refractivity contribution in [2.75, 3.05) is 0 Å². The van der Waals surface area contributed by atoms with Gasteiger partial charge in [0.05, 0.1) is 0 Å². The number of fused-ring (bicyclic) bond motifs is 5. The van der Waals surface area contributed by atoms with E-state index >= 15 is 0 Å². The summed E-state index contributed by atoms with van der Waals surface area (Å²) < 4.78 is 0. The van der Waals surface area contributed by atoms with Crippen LogP contribution in [0.5, 0.6) is 0 Å². The molecule has 0 aromatic carbocycles. The summed E-state index contributed by atoms with van der Waals surface area (Å²) in [6, 6.07) is 0. The maximum absolute atomic E-state index is 2.73. The molecule has 0 heteroatoms. The minimum absolute atomic E-state index is 0.692. The summed E-state index contributed by atoms with van der Waals surface area (Å²) in [5.41, 5.74) is 1.40. The Kier molecular flexibility index (Phi) is 3.70. The predicted molar refractivity (Wildman–Crippen MR) is 94.7 cm³/mol. The molecule has 0 aromatic rings. The van der Waals surface area contributed by atoms with E-state index in [1.54, 1.807) is 38.5 Å². The van der Waals surface area contributed by atoms with E-state index in [2.05, 4.69) is 27.7 Å². The molecule has 0 nitrogen and oxygen atoms in total. The normalized spacial score (nSPS) is 57.8. The molecular weight excluding hydrogens is 264 g/mol. The molecule has 8 atom stereocenters. The lowest BCUT2D eigenvalue weighted by molar-refractivity contribution is -0.134. The Balaban J connectivity index is 1.69. The van der Waals surface area contributed by atoms with Gasteiger partial charge in [-0.15, -0.1) is 0 Å². The summed E-state index contributed by atoms with van der Waals surface area (Å²) >= 11 is 0. The van der Waals surface area contributed by atoms with Crippen LogP contribution in [0.2, 0.25) is 0 Å². The SMILES string of the molecule is CC[C@H]1CC2C3CCC(C)C3(C)CC[C@@H]2C2(C)CCCCC12. The minimum atomic E-state index is 0.692. The summed E-state index contributed by atoms with van der Waals surface area (Å²) in [5, 5.41) is 0. The third-order valence-corrected chi connectivity index (χ3v) is 9.75. The van der Waals surface area contributed by atoms with Crippen LogP contribution >= 0.6 is 0 Å². The molecule has 0 radical (unpaired) electrons. The fraction of sp³-hybridized carbons (Fsp3) is 1.00. The van der Waals surface area contributed by atoms with Crippen molar-refractivity contribution in [3.63, 3.8) is 0 Å². The molecule has 4 saturated carbocycles. The lowest BCUT2D eigenvalue weighted by Crippen LogP contribution is -2.55. The van der Waals surface area contributed by atoms with E-state index in [-0.39, 0.29) is 0 Å². The topological polar surface area (TPSA) is 0 Å².